The van der Waals surface area contributed by atoms with Gasteiger partial charge in [0.25, 0.3) is 0 Å². The van der Waals surface area contributed by atoms with Gasteiger partial charge < -0.3 is 14.8 Å². The molecule has 1 aromatic carbocycles. The van der Waals surface area contributed by atoms with Gasteiger partial charge in [-0.3, -0.25) is 0 Å². The molecule has 4 heteroatoms. The predicted octanol–water partition coefficient (Wildman–Crippen LogP) is 1.74. The Balaban J connectivity index is 1.77. The van der Waals surface area contributed by atoms with Crippen molar-refractivity contribution in [1.82, 2.24) is 5.32 Å². The third-order valence-corrected chi connectivity index (χ3v) is 3.73. The molecule has 0 aliphatic carbocycles. The third kappa shape index (κ3) is 1.85. The largest absolute Gasteiger partial charge is 0.486 e. The molecule has 1 aromatic rings. The van der Waals surface area contributed by atoms with E-state index < -0.39 is 0 Å². The SMILES string of the molecule is Brc1cccc2c1O[C@@H]([C@H]1CNCCO1)C2. The summed E-state index contributed by atoms with van der Waals surface area (Å²) in [5, 5.41) is 3.34. The van der Waals surface area contributed by atoms with E-state index in [0.29, 0.717) is 0 Å². The topological polar surface area (TPSA) is 30.5 Å². The Hall–Kier alpha value is -0.580. The summed E-state index contributed by atoms with van der Waals surface area (Å²) in [7, 11) is 0. The molecule has 3 nitrogen and oxygen atoms in total. The van der Waals surface area contributed by atoms with Gasteiger partial charge >= 0.3 is 0 Å². The molecule has 86 valence electrons. The first-order valence-corrected chi connectivity index (χ1v) is 6.40. The Kier molecular flexibility index (Phi) is 2.88. The molecule has 2 heterocycles. The van der Waals surface area contributed by atoms with Crippen molar-refractivity contribution in [3.05, 3.63) is 28.2 Å². The van der Waals surface area contributed by atoms with Crippen molar-refractivity contribution in [2.45, 2.75) is 18.6 Å². The van der Waals surface area contributed by atoms with Crippen molar-refractivity contribution < 1.29 is 9.47 Å². The van der Waals surface area contributed by atoms with Gasteiger partial charge in [0.15, 0.2) is 0 Å². The fourth-order valence-electron chi connectivity index (χ4n) is 2.29. The van der Waals surface area contributed by atoms with Gasteiger partial charge in [-0.25, -0.2) is 0 Å². The second-order valence-corrected chi connectivity index (χ2v) is 5.06. The number of rotatable bonds is 1. The molecule has 0 radical (unpaired) electrons. The number of halogens is 1. The predicted molar refractivity (Wildman–Crippen MR) is 64.9 cm³/mol. The highest BCUT2D eigenvalue weighted by Crippen LogP contribution is 2.37. The van der Waals surface area contributed by atoms with E-state index in [1.54, 1.807) is 0 Å². The van der Waals surface area contributed by atoms with E-state index in [2.05, 4.69) is 33.4 Å². The monoisotopic (exact) mass is 283 g/mol. The Bertz CT molecular complexity index is 391. The standard InChI is InChI=1S/C12H14BrNO2/c13-9-3-1-2-8-6-10(16-12(8)9)11-7-14-4-5-15-11/h1-3,10-11,14H,4-7H2/t10-,11-/m1/s1. The van der Waals surface area contributed by atoms with Crippen LogP contribution in [0.4, 0.5) is 0 Å². The Morgan fingerprint density at radius 3 is 3.00 bits per heavy atom. The summed E-state index contributed by atoms with van der Waals surface area (Å²) in [6, 6.07) is 6.19. The van der Waals surface area contributed by atoms with E-state index in [1.165, 1.54) is 5.56 Å². The van der Waals surface area contributed by atoms with Crippen LogP contribution in [-0.2, 0) is 11.2 Å². The fraction of sp³-hybridized carbons (Fsp3) is 0.500. The van der Waals surface area contributed by atoms with Crippen molar-refractivity contribution in [3.63, 3.8) is 0 Å². The zero-order chi connectivity index (χ0) is 11.0. The number of morpholine rings is 1. The van der Waals surface area contributed by atoms with Crippen LogP contribution in [0.15, 0.2) is 22.7 Å². The van der Waals surface area contributed by atoms with Gasteiger partial charge in [0.05, 0.1) is 11.1 Å². The minimum Gasteiger partial charge on any atom is -0.486 e. The third-order valence-electron chi connectivity index (χ3n) is 3.11. The van der Waals surface area contributed by atoms with Gasteiger partial charge in [-0.15, -0.1) is 0 Å². The molecule has 0 amide bonds. The van der Waals surface area contributed by atoms with E-state index in [0.717, 1.165) is 36.3 Å². The molecule has 0 unspecified atom stereocenters. The van der Waals surface area contributed by atoms with Gasteiger partial charge in [-0.2, -0.15) is 0 Å². The maximum Gasteiger partial charge on any atom is 0.137 e. The van der Waals surface area contributed by atoms with Crippen molar-refractivity contribution in [3.8, 4) is 5.75 Å². The van der Waals surface area contributed by atoms with Crippen LogP contribution >= 0.6 is 15.9 Å². The molecule has 16 heavy (non-hydrogen) atoms. The lowest BCUT2D eigenvalue weighted by Gasteiger charge is -2.28. The molecular formula is C12H14BrNO2. The molecule has 2 aliphatic heterocycles. The van der Waals surface area contributed by atoms with Crippen LogP contribution in [0, 0.1) is 0 Å². The number of para-hydroxylation sites is 1. The maximum atomic E-state index is 5.97. The van der Waals surface area contributed by atoms with Crippen LogP contribution in [0.5, 0.6) is 5.75 Å². The van der Waals surface area contributed by atoms with E-state index in [1.807, 2.05) is 6.07 Å². The number of nitrogens with one attached hydrogen (secondary N) is 1. The Morgan fingerprint density at radius 1 is 1.31 bits per heavy atom. The number of hydrogen-bond donors (Lipinski definition) is 1. The summed E-state index contributed by atoms with van der Waals surface area (Å²) < 4.78 is 12.7. The van der Waals surface area contributed by atoms with E-state index in [9.17, 15) is 0 Å². The minimum absolute atomic E-state index is 0.154. The molecular weight excluding hydrogens is 270 g/mol. The molecule has 0 saturated carbocycles. The van der Waals surface area contributed by atoms with Crippen molar-refractivity contribution >= 4 is 15.9 Å². The molecule has 1 N–H and O–H groups in total. The zero-order valence-corrected chi connectivity index (χ0v) is 10.5. The summed E-state index contributed by atoms with van der Waals surface area (Å²) in [6.07, 6.45) is 1.27. The first-order chi connectivity index (χ1) is 7.84. The Labute approximate surface area is 103 Å². The highest BCUT2D eigenvalue weighted by Gasteiger charge is 2.32. The molecule has 0 aromatic heterocycles. The average Bonchev–Trinajstić information content (AvgIpc) is 2.76. The minimum atomic E-state index is 0.154. The van der Waals surface area contributed by atoms with Gasteiger partial charge in [-0.05, 0) is 27.6 Å². The number of hydrogen-bond acceptors (Lipinski definition) is 3. The van der Waals surface area contributed by atoms with Crippen LogP contribution in [0.3, 0.4) is 0 Å². The van der Waals surface area contributed by atoms with Crippen LogP contribution in [0.2, 0.25) is 0 Å². The first kappa shape index (κ1) is 10.6. The van der Waals surface area contributed by atoms with Crippen LogP contribution in [0.25, 0.3) is 0 Å². The highest BCUT2D eigenvalue weighted by atomic mass is 79.9. The number of ether oxygens (including phenoxy) is 2. The highest BCUT2D eigenvalue weighted by molar-refractivity contribution is 9.10. The molecule has 0 spiro atoms. The summed E-state index contributed by atoms with van der Waals surface area (Å²) in [5.74, 6) is 0.988. The fourth-order valence-corrected chi connectivity index (χ4v) is 2.79. The van der Waals surface area contributed by atoms with Gasteiger partial charge in [0.2, 0.25) is 0 Å². The molecule has 0 bridgehead atoms. The zero-order valence-electron chi connectivity index (χ0n) is 8.91. The molecule has 1 fully saturated rings. The van der Waals surface area contributed by atoms with Gasteiger partial charge in [0, 0.05) is 19.5 Å². The van der Waals surface area contributed by atoms with Crippen molar-refractivity contribution in [2.24, 2.45) is 0 Å². The van der Waals surface area contributed by atoms with Gasteiger partial charge in [-0.1, -0.05) is 12.1 Å². The molecule has 2 aliphatic rings. The first-order valence-electron chi connectivity index (χ1n) is 5.61. The van der Waals surface area contributed by atoms with E-state index in [-0.39, 0.29) is 12.2 Å². The van der Waals surface area contributed by atoms with Gasteiger partial charge in [0.1, 0.15) is 18.0 Å². The summed E-state index contributed by atoms with van der Waals surface area (Å²) >= 11 is 3.52. The van der Waals surface area contributed by atoms with Crippen LogP contribution < -0.4 is 10.1 Å². The molecule has 1 saturated heterocycles. The lowest BCUT2D eigenvalue weighted by atomic mass is 10.1. The molecule has 3 rings (SSSR count). The van der Waals surface area contributed by atoms with Crippen LogP contribution in [0.1, 0.15) is 5.56 Å². The second kappa shape index (κ2) is 4.35. The quantitative estimate of drug-likeness (QED) is 0.852. The number of benzene rings is 1. The maximum absolute atomic E-state index is 5.97. The smallest absolute Gasteiger partial charge is 0.137 e. The van der Waals surface area contributed by atoms with Crippen molar-refractivity contribution in [1.29, 1.82) is 0 Å². The van der Waals surface area contributed by atoms with Crippen LogP contribution in [-0.4, -0.2) is 31.9 Å². The lowest BCUT2D eigenvalue weighted by molar-refractivity contribution is -0.0344. The van der Waals surface area contributed by atoms with Crippen molar-refractivity contribution in [2.75, 3.05) is 19.7 Å². The summed E-state index contributed by atoms with van der Waals surface area (Å²) in [6.45, 7) is 2.61. The van der Waals surface area contributed by atoms with E-state index in [4.69, 9.17) is 9.47 Å². The second-order valence-electron chi connectivity index (χ2n) is 4.20. The average molecular weight is 284 g/mol. The normalized spacial score (nSPS) is 28.6. The lowest BCUT2D eigenvalue weighted by Crippen LogP contribution is -2.46. The molecule has 2 atom stereocenters. The summed E-state index contributed by atoms with van der Waals surface area (Å²) in [4.78, 5) is 0. The Morgan fingerprint density at radius 2 is 2.25 bits per heavy atom. The summed E-state index contributed by atoms with van der Waals surface area (Å²) in [5.41, 5.74) is 1.27. The van der Waals surface area contributed by atoms with E-state index >= 15 is 0 Å². The number of fused-ring (bicyclic) bond motifs is 1.